The van der Waals surface area contributed by atoms with Crippen molar-refractivity contribution in [2.75, 3.05) is 6.61 Å². The molecule has 0 spiro atoms. The fraction of sp³-hybridized carbons (Fsp3) is 0.600. The van der Waals surface area contributed by atoms with E-state index >= 15 is 0 Å². The van der Waals surface area contributed by atoms with Crippen LogP contribution in [0.25, 0.3) is 0 Å². The van der Waals surface area contributed by atoms with Crippen molar-refractivity contribution < 1.29 is 13.2 Å². The van der Waals surface area contributed by atoms with Crippen molar-refractivity contribution in [2.45, 2.75) is 57.3 Å². The molecule has 0 amide bonds. The maximum absolute atomic E-state index is 11.4. The first-order valence-electron chi connectivity index (χ1n) is 7.11. The van der Waals surface area contributed by atoms with Gasteiger partial charge in [-0.15, -0.1) is 0 Å². The van der Waals surface area contributed by atoms with Crippen molar-refractivity contribution in [3.05, 3.63) is 23.8 Å². The number of ether oxygens (including phenoxy) is 1. The van der Waals surface area contributed by atoms with Gasteiger partial charge in [0.2, 0.25) is 0 Å². The number of halogens is 1. The molecule has 0 aromatic heterocycles. The molecule has 0 bridgehead atoms. The average Bonchev–Trinajstić information content (AvgIpc) is 2.41. The third-order valence-corrected chi connectivity index (χ3v) is 4.76. The molecule has 1 aromatic carbocycles. The Balaban J connectivity index is 2.98. The summed E-state index contributed by atoms with van der Waals surface area (Å²) < 4.78 is 28.7. The summed E-state index contributed by atoms with van der Waals surface area (Å²) in [5, 5.41) is 0. The monoisotopic (exact) mass is 318 g/mol. The Kier molecular flexibility index (Phi) is 6.83. The van der Waals surface area contributed by atoms with E-state index in [1.54, 1.807) is 12.1 Å². The fourth-order valence-electron chi connectivity index (χ4n) is 1.95. The normalized spacial score (nSPS) is 13.2. The molecule has 1 unspecified atom stereocenters. The molecule has 1 rings (SSSR count). The van der Waals surface area contributed by atoms with Crippen LogP contribution < -0.4 is 4.74 Å². The SMILES string of the molecule is CCCCCOc1ccc(S(=O)(=O)Cl)cc1C(C)CC. The van der Waals surface area contributed by atoms with Gasteiger partial charge in [-0.25, -0.2) is 8.42 Å². The molecule has 0 aliphatic carbocycles. The van der Waals surface area contributed by atoms with E-state index in [2.05, 4.69) is 20.8 Å². The molecule has 3 nitrogen and oxygen atoms in total. The third kappa shape index (κ3) is 4.98. The third-order valence-electron chi connectivity index (χ3n) is 3.41. The molecule has 0 aliphatic rings. The van der Waals surface area contributed by atoms with Crippen molar-refractivity contribution in [1.82, 2.24) is 0 Å². The van der Waals surface area contributed by atoms with Gasteiger partial charge >= 0.3 is 0 Å². The molecule has 0 fully saturated rings. The highest BCUT2D eigenvalue weighted by atomic mass is 35.7. The van der Waals surface area contributed by atoms with E-state index in [0.717, 1.165) is 37.0 Å². The minimum Gasteiger partial charge on any atom is -0.493 e. The Morgan fingerprint density at radius 3 is 2.50 bits per heavy atom. The van der Waals surface area contributed by atoms with Gasteiger partial charge in [0.05, 0.1) is 11.5 Å². The predicted octanol–water partition coefficient (Wildman–Crippen LogP) is 4.70. The molecular weight excluding hydrogens is 296 g/mol. The van der Waals surface area contributed by atoms with E-state index < -0.39 is 9.05 Å². The lowest BCUT2D eigenvalue weighted by Crippen LogP contribution is -2.04. The summed E-state index contributed by atoms with van der Waals surface area (Å²) in [5.74, 6) is 0.995. The van der Waals surface area contributed by atoms with Crippen LogP contribution in [0, 0.1) is 0 Å². The zero-order chi connectivity index (χ0) is 15.2. The van der Waals surface area contributed by atoms with Gasteiger partial charge in [0, 0.05) is 10.7 Å². The van der Waals surface area contributed by atoms with Gasteiger partial charge in [0.1, 0.15) is 5.75 Å². The van der Waals surface area contributed by atoms with Crippen molar-refractivity contribution in [2.24, 2.45) is 0 Å². The quantitative estimate of drug-likeness (QED) is 0.515. The highest BCUT2D eigenvalue weighted by molar-refractivity contribution is 8.13. The molecule has 1 atom stereocenters. The summed E-state index contributed by atoms with van der Waals surface area (Å²) in [7, 11) is 1.71. The molecule has 0 heterocycles. The Morgan fingerprint density at radius 2 is 1.95 bits per heavy atom. The van der Waals surface area contributed by atoms with E-state index in [4.69, 9.17) is 15.4 Å². The van der Waals surface area contributed by atoms with Crippen molar-refractivity contribution in [3.8, 4) is 5.75 Å². The second-order valence-corrected chi connectivity index (χ2v) is 7.57. The van der Waals surface area contributed by atoms with E-state index in [1.807, 2.05) is 0 Å². The minimum absolute atomic E-state index is 0.135. The Bertz CT molecular complexity index is 526. The zero-order valence-electron chi connectivity index (χ0n) is 12.4. The van der Waals surface area contributed by atoms with Crippen LogP contribution in [0.4, 0.5) is 0 Å². The predicted molar refractivity (Wildman–Crippen MR) is 83.2 cm³/mol. The fourth-order valence-corrected chi connectivity index (χ4v) is 2.74. The van der Waals surface area contributed by atoms with Crippen molar-refractivity contribution in [3.63, 3.8) is 0 Å². The summed E-state index contributed by atoms with van der Waals surface area (Å²) >= 11 is 0. The number of hydrogen-bond donors (Lipinski definition) is 0. The Morgan fingerprint density at radius 1 is 1.25 bits per heavy atom. The smallest absolute Gasteiger partial charge is 0.261 e. The van der Waals surface area contributed by atoms with Crippen LogP contribution in [0.1, 0.15) is 57.9 Å². The average molecular weight is 319 g/mol. The van der Waals surface area contributed by atoms with Crippen LogP contribution >= 0.6 is 10.7 Å². The van der Waals surface area contributed by atoms with Gasteiger partial charge in [-0.2, -0.15) is 0 Å². The second-order valence-electron chi connectivity index (χ2n) is 5.00. The minimum atomic E-state index is -3.70. The van der Waals surface area contributed by atoms with E-state index in [-0.39, 0.29) is 10.8 Å². The van der Waals surface area contributed by atoms with E-state index in [1.165, 1.54) is 6.07 Å². The van der Waals surface area contributed by atoms with Gasteiger partial charge in [0.25, 0.3) is 9.05 Å². The van der Waals surface area contributed by atoms with Gasteiger partial charge < -0.3 is 4.74 Å². The van der Waals surface area contributed by atoms with E-state index in [0.29, 0.717) is 6.61 Å². The highest BCUT2D eigenvalue weighted by Crippen LogP contribution is 2.32. The zero-order valence-corrected chi connectivity index (χ0v) is 13.9. The molecule has 0 saturated heterocycles. The summed E-state index contributed by atoms with van der Waals surface area (Å²) in [6.45, 7) is 6.92. The van der Waals surface area contributed by atoms with Crippen molar-refractivity contribution in [1.29, 1.82) is 0 Å². The highest BCUT2D eigenvalue weighted by Gasteiger charge is 2.16. The number of benzene rings is 1. The van der Waals surface area contributed by atoms with E-state index in [9.17, 15) is 8.42 Å². The number of rotatable bonds is 8. The molecule has 114 valence electrons. The molecule has 20 heavy (non-hydrogen) atoms. The number of unbranched alkanes of at least 4 members (excludes halogenated alkanes) is 2. The molecule has 0 aliphatic heterocycles. The summed E-state index contributed by atoms with van der Waals surface area (Å²) in [4.78, 5) is 0.135. The van der Waals surface area contributed by atoms with Gasteiger partial charge in [0.15, 0.2) is 0 Å². The first-order valence-corrected chi connectivity index (χ1v) is 9.42. The summed E-state index contributed by atoms with van der Waals surface area (Å²) in [6, 6.07) is 4.84. The maximum atomic E-state index is 11.4. The summed E-state index contributed by atoms with van der Waals surface area (Å²) in [6.07, 6.45) is 4.20. The molecule has 0 saturated carbocycles. The summed E-state index contributed by atoms with van der Waals surface area (Å²) in [5.41, 5.74) is 0.908. The van der Waals surface area contributed by atoms with Gasteiger partial charge in [-0.3, -0.25) is 0 Å². The van der Waals surface area contributed by atoms with Gasteiger partial charge in [-0.05, 0) is 42.5 Å². The molecule has 0 radical (unpaired) electrons. The molecule has 1 aromatic rings. The lowest BCUT2D eigenvalue weighted by atomic mass is 9.98. The van der Waals surface area contributed by atoms with Crippen molar-refractivity contribution >= 4 is 19.7 Å². The first kappa shape index (κ1) is 17.3. The Labute approximate surface area is 126 Å². The second kappa shape index (κ2) is 7.89. The topological polar surface area (TPSA) is 43.4 Å². The largest absolute Gasteiger partial charge is 0.493 e. The van der Waals surface area contributed by atoms with Crippen LogP contribution in [-0.4, -0.2) is 15.0 Å². The van der Waals surface area contributed by atoms with Gasteiger partial charge in [-0.1, -0.05) is 33.6 Å². The van der Waals surface area contributed by atoms with Crippen LogP contribution in [0.15, 0.2) is 23.1 Å². The number of hydrogen-bond acceptors (Lipinski definition) is 3. The standard InChI is InChI=1S/C15H23ClO3S/c1-4-6-7-10-19-15-9-8-13(20(16,17)18)11-14(15)12(3)5-2/h8-9,11-12H,4-7,10H2,1-3H3. The first-order chi connectivity index (χ1) is 9.40. The Hall–Kier alpha value is -0.740. The van der Waals surface area contributed by atoms with Crippen LogP contribution in [0.5, 0.6) is 5.75 Å². The molecule has 5 heteroatoms. The lowest BCUT2D eigenvalue weighted by Gasteiger charge is -2.16. The maximum Gasteiger partial charge on any atom is 0.261 e. The molecule has 0 N–H and O–H groups in total. The van der Waals surface area contributed by atoms with Crippen LogP contribution in [0.3, 0.4) is 0 Å². The lowest BCUT2D eigenvalue weighted by molar-refractivity contribution is 0.301. The van der Waals surface area contributed by atoms with Crippen LogP contribution in [0.2, 0.25) is 0 Å². The molecular formula is C15H23ClO3S. The van der Waals surface area contributed by atoms with Crippen LogP contribution in [-0.2, 0) is 9.05 Å².